The molecule has 0 amide bonds. The topological polar surface area (TPSA) is 104 Å². The predicted molar refractivity (Wildman–Crippen MR) is 106 cm³/mol. The van der Waals surface area contributed by atoms with E-state index in [1.54, 1.807) is 39.0 Å². The molecular formula is C21H25N3O5. The van der Waals surface area contributed by atoms with Gasteiger partial charge in [0.15, 0.2) is 0 Å². The number of fused-ring (bicyclic) bond motifs is 1. The Morgan fingerprint density at radius 1 is 1.10 bits per heavy atom. The van der Waals surface area contributed by atoms with E-state index in [1.165, 1.54) is 0 Å². The van der Waals surface area contributed by atoms with E-state index in [-0.39, 0.29) is 19.1 Å². The maximum atomic E-state index is 13.0. The van der Waals surface area contributed by atoms with Crippen LogP contribution < -0.4 is 5.32 Å². The Morgan fingerprint density at radius 2 is 1.76 bits per heavy atom. The molecule has 0 spiro atoms. The summed E-state index contributed by atoms with van der Waals surface area (Å²) >= 11 is 0. The van der Waals surface area contributed by atoms with Crippen molar-refractivity contribution in [2.45, 2.75) is 40.5 Å². The normalized spacial score (nSPS) is 17.0. The molecule has 8 nitrogen and oxygen atoms in total. The number of aromatic nitrogens is 2. The molecule has 1 N–H and O–H groups in total. The van der Waals surface area contributed by atoms with E-state index in [4.69, 9.17) is 14.1 Å². The summed E-state index contributed by atoms with van der Waals surface area (Å²) in [5, 5.41) is 11.0. The first-order valence-electron chi connectivity index (χ1n) is 9.59. The van der Waals surface area contributed by atoms with Gasteiger partial charge in [-0.05, 0) is 48.6 Å². The number of nitrogens with one attached hydrogen (secondary N) is 1. The zero-order valence-electron chi connectivity index (χ0n) is 17.2. The molecule has 2 heterocycles. The van der Waals surface area contributed by atoms with E-state index < -0.39 is 17.9 Å². The summed E-state index contributed by atoms with van der Waals surface area (Å²) < 4.78 is 15.7. The summed E-state index contributed by atoms with van der Waals surface area (Å²) in [6, 6.07) is 5.34. The number of allylic oxidation sites excluding steroid dienone is 2. The standard InChI is InChI=1S/C21H25N3O5/c1-6-27-20(25)16-12(4)22-13(5)17(21(26)28-10-11(2)3)18(16)14-8-7-9-15-19(14)24-29-23-15/h7-9,11,18,22H,6,10H2,1-5H3. The second-order valence-electron chi connectivity index (χ2n) is 7.33. The Labute approximate surface area is 168 Å². The summed E-state index contributed by atoms with van der Waals surface area (Å²) in [4.78, 5) is 25.9. The van der Waals surface area contributed by atoms with E-state index in [1.807, 2.05) is 13.8 Å². The summed E-state index contributed by atoms with van der Waals surface area (Å²) in [6.07, 6.45) is 0. The summed E-state index contributed by atoms with van der Waals surface area (Å²) in [5.41, 5.74) is 3.55. The van der Waals surface area contributed by atoms with Crippen molar-refractivity contribution < 1.29 is 23.7 Å². The van der Waals surface area contributed by atoms with Gasteiger partial charge in [0, 0.05) is 11.4 Å². The third-order valence-corrected chi connectivity index (χ3v) is 4.65. The van der Waals surface area contributed by atoms with Crippen LogP contribution in [0.2, 0.25) is 0 Å². The molecule has 1 aliphatic heterocycles. The smallest absolute Gasteiger partial charge is 0.336 e. The first-order valence-corrected chi connectivity index (χ1v) is 9.59. The minimum Gasteiger partial charge on any atom is -0.463 e. The fourth-order valence-electron chi connectivity index (χ4n) is 3.44. The number of carbonyl (C=O) groups is 2. The molecule has 2 aromatic rings. The number of benzene rings is 1. The third-order valence-electron chi connectivity index (χ3n) is 4.65. The lowest BCUT2D eigenvalue weighted by Crippen LogP contribution is -2.33. The van der Waals surface area contributed by atoms with Crippen molar-refractivity contribution in [2.75, 3.05) is 13.2 Å². The fraction of sp³-hybridized carbons (Fsp3) is 0.429. The van der Waals surface area contributed by atoms with Crippen molar-refractivity contribution in [1.29, 1.82) is 0 Å². The Bertz CT molecular complexity index is 1000. The van der Waals surface area contributed by atoms with Crippen LogP contribution in [-0.2, 0) is 19.1 Å². The monoisotopic (exact) mass is 399 g/mol. The predicted octanol–water partition coefficient (Wildman–Crippen LogP) is 3.22. The molecule has 8 heteroatoms. The Balaban J connectivity index is 2.18. The van der Waals surface area contributed by atoms with Crippen LogP contribution in [0.3, 0.4) is 0 Å². The molecule has 1 unspecified atom stereocenters. The third kappa shape index (κ3) is 4.01. The molecule has 0 radical (unpaired) electrons. The van der Waals surface area contributed by atoms with Crippen molar-refractivity contribution in [1.82, 2.24) is 15.6 Å². The Morgan fingerprint density at radius 3 is 2.38 bits per heavy atom. The van der Waals surface area contributed by atoms with Crippen LogP contribution in [0.25, 0.3) is 11.0 Å². The molecular weight excluding hydrogens is 374 g/mol. The quantitative estimate of drug-likeness (QED) is 0.739. The van der Waals surface area contributed by atoms with Crippen molar-refractivity contribution >= 4 is 23.0 Å². The number of hydrogen-bond acceptors (Lipinski definition) is 8. The fourth-order valence-corrected chi connectivity index (χ4v) is 3.44. The molecule has 154 valence electrons. The summed E-state index contributed by atoms with van der Waals surface area (Å²) in [5.74, 6) is -1.53. The second kappa shape index (κ2) is 8.46. The van der Waals surface area contributed by atoms with Gasteiger partial charge >= 0.3 is 11.9 Å². The number of carbonyl (C=O) groups excluding carboxylic acids is 2. The second-order valence-corrected chi connectivity index (χ2v) is 7.33. The first kappa shape index (κ1) is 20.6. The van der Waals surface area contributed by atoms with Gasteiger partial charge in [-0.2, -0.15) is 0 Å². The number of ether oxygens (including phenoxy) is 2. The molecule has 0 saturated heterocycles. The molecule has 29 heavy (non-hydrogen) atoms. The molecule has 0 bridgehead atoms. The highest BCUT2D eigenvalue weighted by molar-refractivity contribution is 6.01. The zero-order valence-corrected chi connectivity index (χ0v) is 17.2. The molecule has 0 saturated carbocycles. The zero-order chi connectivity index (χ0) is 21.1. The van der Waals surface area contributed by atoms with Crippen LogP contribution in [0.5, 0.6) is 0 Å². The van der Waals surface area contributed by atoms with Gasteiger partial charge in [0.05, 0.1) is 30.3 Å². The highest BCUT2D eigenvalue weighted by Gasteiger charge is 2.39. The van der Waals surface area contributed by atoms with Gasteiger partial charge in [-0.25, -0.2) is 14.2 Å². The average Bonchev–Trinajstić information content (AvgIpc) is 3.14. The van der Waals surface area contributed by atoms with E-state index in [9.17, 15) is 9.59 Å². The molecule has 1 aliphatic rings. The van der Waals surface area contributed by atoms with E-state index in [0.29, 0.717) is 39.1 Å². The lowest BCUT2D eigenvalue weighted by atomic mass is 9.80. The van der Waals surface area contributed by atoms with E-state index in [0.717, 1.165) is 0 Å². The van der Waals surface area contributed by atoms with Crippen molar-refractivity contribution in [3.8, 4) is 0 Å². The minimum absolute atomic E-state index is 0.180. The SMILES string of the molecule is CCOC(=O)C1=C(C)NC(C)=C(C(=O)OCC(C)C)C1c1cccc2nonc12. The highest BCUT2D eigenvalue weighted by atomic mass is 16.6. The molecule has 1 aromatic carbocycles. The van der Waals surface area contributed by atoms with Crippen LogP contribution in [0.1, 0.15) is 46.1 Å². The maximum Gasteiger partial charge on any atom is 0.336 e. The molecule has 0 fully saturated rings. The molecule has 3 rings (SSSR count). The number of esters is 2. The van der Waals surface area contributed by atoms with Gasteiger partial charge < -0.3 is 14.8 Å². The Kier molecular flexibility index (Phi) is 6.00. The van der Waals surface area contributed by atoms with Crippen LogP contribution >= 0.6 is 0 Å². The van der Waals surface area contributed by atoms with Gasteiger partial charge in [0.25, 0.3) is 0 Å². The van der Waals surface area contributed by atoms with Crippen molar-refractivity contribution in [3.63, 3.8) is 0 Å². The highest BCUT2D eigenvalue weighted by Crippen LogP contribution is 2.41. The van der Waals surface area contributed by atoms with Crippen LogP contribution in [0, 0.1) is 5.92 Å². The van der Waals surface area contributed by atoms with Gasteiger partial charge in [-0.1, -0.05) is 26.0 Å². The van der Waals surface area contributed by atoms with Crippen molar-refractivity contribution in [2.24, 2.45) is 5.92 Å². The van der Waals surface area contributed by atoms with E-state index in [2.05, 4.69) is 15.6 Å². The van der Waals surface area contributed by atoms with Crippen molar-refractivity contribution in [3.05, 3.63) is 46.3 Å². The van der Waals surface area contributed by atoms with Crippen LogP contribution in [0.4, 0.5) is 0 Å². The first-order chi connectivity index (χ1) is 13.8. The number of hydrogen-bond donors (Lipinski definition) is 1. The van der Waals surface area contributed by atoms with Crippen LogP contribution in [0.15, 0.2) is 45.4 Å². The van der Waals surface area contributed by atoms with Gasteiger partial charge in [-0.15, -0.1) is 0 Å². The number of rotatable bonds is 6. The van der Waals surface area contributed by atoms with E-state index >= 15 is 0 Å². The summed E-state index contributed by atoms with van der Waals surface area (Å²) in [7, 11) is 0. The average molecular weight is 399 g/mol. The number of nitrogens with zero attached hydrogens (tertiary/aromatic N) is 2. The minimum atomic E-state index is -0.717. The largest absolute Gasteiger partial charge is 0.463 e. The number of dihydropyridines is 1. The van der Waals surface area contributed by atoms with Gasteiger partial charge in [0.1, 0.15) is 11.0 Å². The van der Waals surface area contributed by atoms with Gasteiger partial charge in [-0.3, -0.25) is 0 Å². The molecule has 1 aromatic heterocycles. The maximum absolute atomic E-state index is 13.0. The molecule has 1 atom stereocenters. The van der Waals surface area contributed by atoms with Crippen LogP contribution in [-0.4, -0.2) is 35.5 Å². The van der Waals surface area contributed by atoms with Gasteiger partial charge in [0.2, 0.25) is 0 Å². The Hall–Kier alpha value is -3.16. The summed E-state index contributed by atoms with van der Waals surface area (Å²) in [6.45, 7) is 9.71. The molecule has 0 aliphatic carbocycles. The lowest BCUT2D eigenvalue weighted by Gasteiger charge is -2.30. The lowest BCUT2D eigenvalue weighted by molar-refractivity contribution is -0.140.